The molecule has 1 fully saturated rings. The Morgan fingerprint density at radius 2 is 1.91 bits per heavy atom. The van der Waals surface area contributed by atoms with E-state index in [1.807, 2.05) is 20.9 Å². The molecule has 0 spiro atoms. The molecule has 0 unspecified atom stereocenters. The highest BCUT2D eigenvalue weighted by Crippen LogP contribution is 2.30. The second-order valence-corrected chi connectivity index (χ2v) is 9.59. The number of fused-ring (bicyclic) bond motifs is 1. The van der Waals surface area contributed by atoms with Crippen LogP contribution in [0.3, 0.4) is 0 Å². The van der Waals surface area contributed by atoms with Gasteiger partial charge < -0.3 is 9.67 Å². The zero-order chi connectivity index (χ0) is 23.1. The van der Waals surface area contributed by atoms with Crippen LogP contribution in [0.4, 0.5) is 0 Å². The van der Waals surface area contributed by atoms with Gasteiger partial charge in [-0.05, 0) is 57.1 Å². The summed E-state index contributed by atoms with van der Waals surface area (Å²) in [5.74, 6) is 6.43. The van der Waals surface area contributed by atoms with E-state index in [2.05, 4.69) is 34.6 Å². The average Bonchev–Trinajstić information content (AvgIpc) is 2.95. The van der Waals surface area contributed by atoms with Crippen molar-refractivity contribution >= 4 is 22.7 Å². The van der Waals surface area contributed by atoms with E-state index in [-0.39, 0.29) is 24.5 Å². The topological polar surface area (TPSA) is 59.3 Å². The van der Waals surface area contributed by atoms with Gasteiger partial charge in [0.1, 0.15) is 0 Å². The summed E-state index contributed by atoms with van der Waals surface area (Å²) in [6.07, 6.45) is 10.6. The maximum Gasteiger partial charge on any atom is 0.303 e. The maximum absolute atomic E-state index is 13.3. The van der Waals surface area contributed by atoms with Crippen LogP contribution in [0.1, 0.15) is 92.7 Å². The molecule has 2 aromatic rings. The van der Waals surface area contributed by atoms with Crippen molar-refractivity contribution in [2.75, 3.05) is 0 Å². The zero-order valence-electron chi connectivity index (χ0n) is 19.9. The molecule has 3 rings (SSSR count). The first kappa shape index (κ1) is 24.1. The number of carbonyl (C=O) groups is 2. The molecule has 1 N–H and O–H groups in total. The van der Waals surface area contributed by atoms with E-state index in [0.29, 0.717) is 5.92 Å². The third kappa shape index (κ3) is 6.25. The number of carboxylic acids is 1. The fourth-order valence-electron chi connectivity index (χ4n) is 4.63. The number of Topliss-reactive ketones (excluding diaryl/α,β-unsaturated/α-hetero) is 1. The average molecular weight is 436 g/mol. The number of aromatic nitrogens is 1. The monoisotopic (exact) mass is 435 g/mol. The van der Waals surface area contributed by atoms with Gasteiger partial charge in [-0.15, -0.1) is 5.92 Å². The van der Waals surface area contributed by atoms with E-state index in [0.717, 1.165) is 59.8 Å². The molecule has 1 saturated carbocycles. The van der Waals surface area contributed by atoms with Gasteiger partial charge in [0.2, 0.25) is 0 Å². The Morgan fingerprint density at radius 3 is 2.59 bits per heavy atom. The van der Waals surface area contributed by atoms with Crippen LogP contribution in [0.25, 0.3) is 10.9 Å². The highest BCUT2D eigenvalue weighted by molar-refractivity contribution is 6.09. The van der Waals surface area contributed by atoms with Crippen molar-refractivity contribution in [2.24, 2.45) is 18.9 Å². The van der Waals surface area contributed by atoms with Gasteiger partial charge in [0.05, 0.1) is 0 Å². The summed E-state index contributed by atoms with van der Waals surface area (Å²) in [6.45, 7) is 3.89. The van der Waals surface area contributed by atoms with Crippen molar-refractivity contribution in [3.63, 3.8) is 0 Å². The van der Waals surface area contributed by atoms with Gasteiger partial charge in [0, 0.05) is 54.4 Å². The number of hydrogen-bond acceptors (Lipinski definition) is 2. The third-order valence-electron chi connectivity index (χ3n) is 6.69. The van der Waals surface area contributed by atoms with Gasteiger partial charge in [0.25, 0.3) is 0 Å². The molecule has 0 bridgehead atoms. The van der Waals surface area contributed by atoms with Crippen LogP contribution in [0.15, 0.2) is 18.2 Å². The molecule has 1 atom stereocenters. The lowest BCUT2D eigenvalue weighted by Crippen LogP contribution is -2.12. The van der Waals surface area contributed by atoms with E-state index in [1.54, 1.807) is 0 Å². The lowest BCUT2D eigenvalue weighted by Gasteiger charge is -2.18. The van der Waals surface area contributed by atoms with Crippen molar-refractivity contribution in [1.29, 1.82) is 0 Å². The van der Waals surface area contributed by atoms with Crippen LogP contribution in [0, 0.1) is 30.6 Å². The number of ketones is 1. The fourth-order valence-corrected chi connectivity index (χ4v) is 4.63. The third-order valence-corrected chi connectivity index (χ3v) is 6.69. The smallest absolute Gasteiger partial charge is 0.303 e. The first-order chi connectivity index (χ1) is 15.4. The highest BCUT2D eigenvalue weighted by atomic mass is 16.4. The quantitative estimate of drug-likeness (QED) is 0.250. The van der Waals surface area contributed by atoms with Crippen LogP contribution >= 0.6 is 0 Å². The normalized spacial score (nSPS) is 14.6. The summed E-state index contributed by atoms with van der Waals surface area (Å²) in [4.78, 5) is 24.3. The molecular formula is C28H37NO3. The van der Waals surface area contributed by atoms with Crippen molar-refractivity contribution in [1.82, 2.24) is 4.57 Å². The van der Waals surface area contributed by atoms with Crippen molar-refractivity contribution in [3.8, 4) is 11.8 Å². The minimum atomic E-state index is -0.850. The first-order valence-electron chi connectivity index (χ1n) is 12.2. The van der Waals surface area contributed by atoms with Crippen LogP contribution in [-0.4, -0.2) is 21.4 Å². The van der Waals surface area contributed by atoms with Crippen molar-refractivity contribution in [3.05, 3.63) is 35.0 Å². The number of benzene rings is 1. The summed E-state index contributed by atoms with van der Waals surface area (Å²) in [6, 6.07) is 6.26. The Labute approximate surface area is 192 Å². The second-order valence-electron chi connectivity index (χ2n) is 9.59. The number of carbonyl (C=O) groups excluding carboxylic acids is 1. The number of unbranched alkanes of at least 4 members (excludes halogenated alkanes) is 4. The molecule has 1 aliphatic rings. The molecule has 4 nitrogen and oxygen atoms in total. The summed E-state index contributed by atoms with van der Waals surface area (Å²) < 4.78 is 2.16. The number of aryl methyl sites for hydroxylation is 2. The Balaban J connectivity index is 1.64. The number of hydrogen-bond donors (Lipinski definition) is 1. The van der Waals surface area contributed by atoms with Gasteiger partial charge in [-0.3, -0.25) is 9.59 Å². The van der Waals surface area contributed by atoms with Crippen LogP contribution in [0.5, 0.6) is 0 Å². The van der Waals surface area contributed by atoms with Crippen LogP contribution < -0.4 is 0 Å². The van der Waals surface area contributed by atoms with Gasteiger partial charge in [-0.25, -0.2) is 0 Å². The number of nitrogens with zero attached hydrogens (tertiary/aromatic N) is 1. The Morgan fingerprint density at radius 1 is 1.16 bits per heavy atom. The molecule has 32 heavy (non-hydrogen) atoms. The molecular weight excluding hydrogens is 398 g/mol. The predicted octanol–water partition coefficient (Wildman–Crippen LogP) is 6.47. The molecule has 0 aliphatic heterocycles. The molecule has 0 radical (unpaired) electrons. The lowest BCUT2D eigenvalue weighted by atomic mass is 9.86. The molecule has 1 aromatic carbocycles. The SMILES string of the molecule is Cc1ccc2c(c1)c(C(=O)C[C@H](C)CC(=O)O)c(CCCCCCC#CC1CCC1)n2C. The van der Waals surface area contributed by atoms with E-state index in [1.165, 1.54) is 25.7 Å². The first-order valence-corrected chi connectivity index (χ1v) is 12.2. The lowest BCUT2D eigenvalue weighted by molar-refractivity contribution is -0.137. The Hall–Kier alpha value is -2.54. The van der Waals surface area contributed by atoms with E-state index in [9.17, 15) is 9.59 Å². The molecule has 1 aliphatic carbocycles. The molecule has 0 amide bonds. The number of rotatable bonds is 11. The Bertz CT molecular complexity index is 1020. The summed E-state index contributed by atoms with van der Waals surface area (Å²) in [7, 11) is 2.04. The van der Waals surface area contributed by atoms with E-state index in [4.69, 9.17) is 5.11 Å². The highest BCUT2D eigenvalue weighted by Gasteiger charge is 2.23. The maximum atomic E-state index is 13.3. The second kappa shape index (κ2) is 11.4. The van der Waals surface area contributed by atoms with Gasteiger partial charge in [0.15, 0.2) is 5.78 Å². The Kier molecular flexibility index (Phi) is 8.56. The summed E-state index contributed by atoms with van der Waals surface area (Å²) in [5.41, 5.74) is 4.09. The van der Waals surface area contributed by atoms with Crippen LogP contribution in [-0.2, 0) is 18.3 Å². The van der Waals surface area contributed by atoms with Gasteiger partial charge in [-0.2, -0.15) is 0 Å². The van der Waals surface area contributed by atoms with E-state index < -0.39 is 5.97 Å². The summed E-state index contributed by atoms with van der Waals surface area (Å²) >= 11 is 0. The summed E-state index contributed by atoms with van der Waals surface area (Å²) in [5, 5.41) is 10.1. The molecule has 1 heterocycles. The minimum Gasteiger partial charge on any atom is -0.481 e. The van der Waals surface area contributed by atoms with Crippen LogP contribution in [0.2, 0.25) is 0 Å². The predicted molar refractivity (Wildman–Crippen MR) is 130 cm³/mol. The fraction of sp³-hybridized carbons (Fsp3) is 0.571. The number of aliphatic carboxylic acids is 1. The molecule has 1 aromatic heterocycles. The van der Waals surface area contributed by atoms with Crippen molar-refractivity contribution < 1.29 is 14.7 Å². The molecule has 172 valence electrons. The molecule has 4 heteroatoms. The van der Waals surface area contributed by atoms with Gasteiger partial charge in [-0.1, -0.05) is 43.7 Å². The van der Waals surface area contributed by atoms with E-state index >= 15 is 0 Å². The largest absolute Gasteiger partial charge is 0.481 e. The standard InChI is InChI=1S/C28H37NO3/c1-20-15-16-24-23(17-20)28(26(30)18-21(2)19-27(31)32)25(29(24)3)14-9-7-5-4-6-8-11-22-12-10-13-22/h15-17,21-22H,4-7,9-10,12-14,18-19H2,1-3H3,(H,31,32)/t21-/m0/s1. The number of carboxylic acid groups (broad SMARTS) is 1. The minimum absolute atomic E-state index is 0.0223. The zero-order valence-corrected chi connectivity index (χ0v) is 19.9. The molecule has 0 saturated heterocycles. The van der Waals surface area contributed by atoms with Gasteiger partial charge >= 0.3 is 5.97 Å². The van der Waals surface area contributed by atoms with Crippen molar-refractivity contribution in [2.45, 2.75) is 84.5 Å².